The average Bonchev–Trinajstić information content (AvgIpc) is 2.90. The third-order valence-electron chi connectivity index (χ3n) is 7.23. The van der Waals surface area contributed by atoms with E-state index in [0.717, 1.165) is 61.6 Å². The van der Waals surface area contributed by atoms with E-state index in [2.05, 4.69) is 117 Å². The maximum absolute atomic E-state index is 6.60. The maximum Gasteiger partial charge on any atom is 0.203 e. The van der Waals surface area contributed by atoms with E-state index in [0.29, 0.717) is 0 Å². The Balaban J connectivity index is 2.00. The van der Waals surface area contributed by atoms with Gasteiger partial charge in [-0.15, -0.1) is 0 Å². The fourth-order valence-corrected chi connectivity index (χ4v) is 5.18. The maximum atomic E-state index is 6.60. The Morgan fingerprint density at radius 1 is 0.657 bits per heavy atom. The predicted octanol–water partition coefficient (Wildman–Crippen LogP) is 6.71. The first-order valence-corrected chi connectivity index (χ1v) is 13.3. The van der Waals surface area contributed by atoms with Crippen LogP contribution in [0, 0.1) is 0 Å². The first-order valence-electron chi connectivity index (χ1n) is 13.3. The summed E-state index contributed by atoms with van der Waals surface area (Å²) in [5.74, 6) is 0.932. The SMILES string of the molecule is CCN(CC)c1ccc(-c2c3ccc(=[N+](CC)CC)cc-3oc3cc(N(CC)CC)ccc23)cc1. The molecule has 4 nitrogen and oxygen atoms in total. The van der Waals surface area contributed by atoms with E-state index in [4.69, 9.17) is 4.42 Å². The first-order chi connectivity index (χ1) is 17.1. The summed E-state index contributed by atoms with van der Waals surface area (Å²) in [5.41, 5.74) is 7.01. The first kappa shape index (κ1) is 24.8. The second-order valence-corrected chi connectivity index (χ2v) is 8.90. The van der Waals surface area contributed by atoms with Crippen LogP contribution in [0.3, 0.4) is 0 Å². The summed E-state index contributed by atoms with van der Waals surface area (Å²) in [6, 6.07) is 22.4. The second kappa shape index (κ2) is 11.0. The van der Waals surface area contributed by atoms with Gasteiger partial charge in [0.25, 0.3) is 0 Å². The highest BCUT2D eigenvalue weighted by atomic mass is 16.3. The van der Waals surface area contributed by atoms with Gasteiger partial charge in [0.15, 0.2) is 0 Å². The Labute approximate surface area is 210 Å². The summed E-state index contributed by atoms with van der Waals surface area (Å²) in [5, 5.41) is 2.35. The molecule has 1 heterocycles. The van der Waals surface area contributed by atoms with Crippen molar-refractivity contribution in [1.82, 2.24) is 4.58 Å². The second-order valence-electron chi connectivity index (χ2n) is 8.90. The molecule has 0 radical (unpaired) electrons. The molecule has 0 aromatic heterocycles. The molecule has 2 aromatic rings. The molecule has 0 spiro atoms. The molecule has 1 aliphatic heterocycles. The normalized spacial score (nSPS) is 11.3. The highest BCUT2D eigenvalue weighted by molar-refractivity contribution is 6.02. The number of nitrogens with zero attached hydrogens (tertiary/aromatic N) is 3. The van der Waals surface area contributed by atoms with Crippen LogP contribution in [0.25, 0.3) is 33.4 Å². The van der Waals surface area contributed by atoms with Gasteiger partial charge in [0, 0.05) is 66.2 Å². The third kappa shape index (κ3) is 4.80. The lowest BCUT2D eigenvalue weighted by atomic mass is 9.93. The van der Waals surface area contributed by atoms with Crippen LogP contribution in [0.5, 0.6) is 0 Å². The van der Waals surface area contributed by atoms with Crippen molar-refractivity contribution in [3.63, 3.8) is 0 Å². The Kier molecular flexibility index (Phi) is 7.80. The smallest absolute Gasteiger partial charge is 0.203 e. The fraction of sp³-hybridized carbons (Fsp3) is 0.387. The Hall–Kier alpha value is -3.27. The van der Waals surface area contributed by atoms with E-state index in [1.807, 2.05) is 0 Å². The number of fused-ring (bicyclic) bond motifs is 2. The molecular formula is C31H40N3O+. The summed E-state index contributed by atoms with van der Waals surface area (Å²) in [4.78, 5) is 4.75. The van der Waals surface area contributed by atoms with Crippen molar-refractivity contribution in [2.24, 2.45) is 0 Å². The topological polar surface area (TPSA) is 22.6 Å². The standard InChI is InChI=1S/C31H40N3O/c1-7-32(8-2)24-15-13-23(14-16-24)31-27-19-17-25(33(9-3)10-4)21-29(27)35-30-22-26(18-20-28(30)31)34(11-5)12-6/h13-22H,7-12H2,1-6H3/q+1. The monoisotopic (exact) mass is 470 g/mol. The number of rotatable bonds is 9. The fourth-order valence-electron chi connectivity index (χ4n) is 5.18. The molecule has 0 atom stereocenters. The molecule has 0 amide bonds. The Morgan fingerprint density at radius 2 is 1.26 bits per heavy atom. The molecule has 4 heteroatoms. The van der Waals surface area contributed by atoms with Crippen molar-refractivity contribution in [1.29, 1.82) is 0 Å². The van der Waals surface area contributed by atoms with E-state index in [-0.39, 0.29) is 0 Å². The molecule has 1 aliphatic carbocycles. The summed E-state index contributed by atoms with van der Waals surface area (Å²) in [7, 11) is 0. The quantitative estimate of drug-likeness (QED) is 0.201. The molecule has 2 aliphatic rings. The molecular weight excluding hydrogens is 430 g/mol. The molecule has 2 aromatic carbocycles. The van der Waals surface area contributed by atoms with E-state index in [9.17, 15) is 0 Å². The molecule has 184 valence electrons. The van der Waals surface area contributed by atoms with Crippen molar-refractivity contribution >= 4 is 22.3 Å². The zero-order valence-electron chi connectivity index (χ0n) is 22.3. The number of benzene rings is 3. The largest absolute Gasteiger partial charge is 0.456 e. The highest BCUT2D eigenvalue weighted by Crippen LogP contribution is 2.41. The van der Waals surface area contributed by atoms with Gasteiger partial charge in [-0.05, 0) is 77.4 Å². The Bertz CT molecular complexity index is 1310. The van der Waals surface area contributed by atoms with Crippen molar-refractivity contribution in [3.05, 3.63) is 66.0 Å². The molecule has 0 saturated carbocycles. The van der Waals surface area contributed by atoms with Crippen LogP contribution in [0.4, 0.5) is 11.4 Å². The van der Waals surface area contributed by atoms with E-state index < -0.39 is 0 Å². The predicted molar refractivity (Wildman–Crippen MR) is 152 cm³/mol. The van der Waals surface area contributed by atoms with Crippen LogP contribution in [-0.4, -0.2) is 39.3 Å². The zero-order chi connectivity index (χ0) is 24.9. The molecule has 0 unspecified atom stereocenters. The number of hydrogen-bond donors (Lipinski definition) is 0. The van der Waals surface area contributed by atoms with Crippen LogP contribution in [0.2, 0.25) is 0 Å². The van der Waals surface area contributed by atoms with E-state index >= 15 is 0 Å². The van der Waals surface area contributed by atoms with Gasteiger partial charge in [0.1, 0.15) is 24.4 Å². The molecule has 4 rings (SSSR count). The Morgan fingerprint density at radius 3 is 1.86 bits per heavy atom. The van der Waals surface area contributed by atoms with Crippen molar-refractivity contribution < 1.29 is 4.42 Å². The van der Waals surface area contributed by atoms with E-state index in [1.54, 1.807) is 0 Å². The number of anilines is 2. The number of hydrogen-bond acceptors (Lipinski definition) is 3. The minimum Gasteiger partial charge on any atom is -0.456 e. The average molecular weight is 471 g/mol. The molecule has 0 bridgehead atoms. The lowest BCUT2D eigenvalue weighted by Crippen LogP contribution is -2.29. The highest BCUT2D eigenvalue weighted by Gasteiger charge is 2.19. The van der Waals surface area contributed by atoms with Crippen molar-refractivity contribution in [2.75, 3.05) is 49.1 Å². The van der Waals surface area contributed by atoms with Gasteiger partial charge in [-0.3, -0.25) is 0 Å². The third-order valence-corrected chi connectivity index (χ3v) is 7.23. The summed E-state index contributed by atoms with van der Waals surface area (Å²) in [6.07, 6.45) is 0. The summed E-state index contributed by atoms with van der Waals surface area (Å²) >= 11 is 0. The molecule has 0 fully saturated rings. The van der Waals surface area contributed by atoms with Gasteiger partial charge < -0.3 is 14.2 Å². The minimum atomic E-state index is 0.932. The molecule has 0 N–H and O–H groups in total. The van der Waals surface area contributed by atoms with Crippen LogP contribution < -0.4 is 19.7 Å². The summed E-state index contributed by atoms with van der Waals surface area (Å²) < 4.78 is 8.97. The van der Waals surface area contributed by atoms with Gasteiger partial charge in [-0.25, -0.2) is 4.58 Å². The van der Waals surface area contributed by atoms with E-state index in [1.165, 1.54) is 27.9 Å². The van der Waals surface area contributed by atoms with Crippen LogP contribution in [0.1, 0.15) is 41.5 Å². The lowest BCUT2D eigenvalue weighted by Gasteiger charge is -2.23. The molecule has 35 heavy (non-hydrogen) atoms. The zero-order valence-corrected chi connectivity index (χ0v) is 22.3. The van der Waals surface area contributed by atoms with Crippen LogP contribution in [-0.2, 0) is 0 Å². The summed E-state index contributed by atoms with van der Waals surface area (Å²) in [6.45, 7) is 19.1. The van der Waals surface area contributed by atoms with Gasteiger partial charge >= 0.3 is 0 Å². The molecule has 0 saturated heterocycles. The van der Waals surface area contributed by atoms with Crippen LogP contribution >= 0.6 is 0 Å². The van der Waals surface area contributed by atoms with Crippen LogP contribution in [0.15, 0.2) is 65.1 Å². The van der Waals surface area contributed by atoms with Gasteiger partial charge in [-0.1, -0.05) is 12.1 Å². The van der Waals surface area contributed by atoms with Crippen molar-refractivity contribution in [2.45, 2.75) is 41.5 Å². The van der Waals surface area contributed by atoms with Gasteiger partial charge in [0.2, 0.25) is 5.36 Å². The minimum absolute atomic E-state index is 0.932. The lowest BCUT2D eigenvalue weighted by molar-refractivity contribution is 0.604. The van der Waals surface area contributed by atoms with Crippen molar-refractivity contribution in [3.8, 4) is 22.5 Å². The van der Waals surface area contributed by atoms with Gasteiger partial charge in [0.05, 0.1) is 6.07 Å². The van der Waals surface area contributed by atoms with Gasteiger partial charge in [-0.2, -0.15) is 0 Å².